The molecule has 1 amide bonds. The molecule has 0 spiro atoms. The fraction of sp³-hybridized carbons (Fsp3) is 0.577. The molecule has 0 bridgehead atoms. The van der Waals surface area contributed by atoms with Gasteiger partial charge in [0.25, 0.3) is 0 Å². The number of thioether (sulfide) groups is 1. The highest BCUT2D eigenvalue weighted by Gasteiger charge is 2.17. The average molecular weight is 470 g/mol. The summed E-state index contributed by atoms with van der Waals surface area (Å²) in [5.74, 6) is 1.93. The summed E-state index contributed by atoms with van der Waals surface area (Å²) in [6.07, 6.45) is 7.73. The minimum Gasteiger partial charge on any atom is -0.349 e. The van der Waals surface area contributed by atoms with Crippen molar-refractivity contribution in [2.75, 3.05) is 25.4 Å². The van der Waals surface area contributed by atoms with Gasteiger partial charge in [0.2, 0.25) is 5.91 Å². The van der Waals surface area contributed by atoms with E-state index < -0.39 is 0 Å². The van der Waals surface area contributed by atoms with Crippen LogP contribution in [0.15, 0.2) is 42.1 Å². The Bertz CT molecular complexity index is 887. The van der Waals surface area contributed by atoms with E-state index in [2.05, 4.69) is 69.7 Å². The van der Waals surface area contributed by atoms with Crippen LogP contribution in [0, 0.1) is 5.92 Å². The maximum Gasteiger partial charge on any atom is 0.230 e. The van der Waals surface area contributed by atoms with Gasteiger partial charge in [-0.3, -0.25) is 4.79 Å². The highest BCUT2D eigenvalue weighted by molar-refractivity contribution is 7.99. The lowest BCUT2D eigenvalue weighted by Gasteiger charge is -2.26. The Hall–Kier alpha value is -2.12. The number of hydrogen-bond acceptors (Lipinski definition) is 5. The molecule has 0 unspecified atom stereocenters. The van der Waals surface area contributed by atoms with Crippen molar-refractivity contribution in [3.8, 4) is 0 Å². The quantitative estimate of drug-likeness (QED) is 0.362. The van der Waals surface area contributed by atoms with Gasteiger partial charge in [0.1, 0.15) is 5.82 Å². The Morgan fingerprint density at radius 2 is 1.88 bits per heavy atom. The number of carbonyl (C=O) groups excluding carboxylic acids is 1. The number of carbonyl (C=O) groups is 1. The molecule has 180 valence electrons. The lowest BCUT2D eigenvalue weighted by atomic mass is 10.00. The first-order valence-electron chi connectivity index (χ1n) is 12.2. The van der Waals surface area contributed by atoms with E-state index in [1.165, 1.54) is 49.7 Å². The van der Waals surface area contributed by atoms with Crippen molar-refractivity contribution in [2.45, 2.75) is 70.6 Å². The van der Waals surface area contributed by atoms with Crippen molar-refractivity contribution in [3.05, 3.63) is 53.9 Å². The number of nitrogens with zero attached hydrogens (tertiary/aromatic N) is 4. The standard InChI is InChI=1S/C26H39N5OS/c1-5-14-31-24(13-17-30-15-7-6-8-16-30)28-29-26(31)33-19-25(32)27-21(4)23-11-9-22(10-12-23)18-20(2)3/h5,9-12,20-21H,1,6-8,13-19H2,2-4H3,(H,27,32)/t21-/m0/s1. The highest BCUT2D eigenvalue weighted by atomic mass is 32.2. The first kappa shape index (κ1) is 25.5. The zero-order valence-corrected chi connectivity index (χ0v) is 21.2. The summed E-state index contributed by atoms with van der Waals surface area (Å²) in [6, 6.07) is 8.53. The third-order valence-electron chi connectivity index (χ3n) is 6.04. The van der Waals surface area contributed by atoms with Gasteiger partial charge in [0.05, 0.1) is 11.8 Å². The number of hydrogen-bond donors (Lipinski definition) is 1. The molecule has 1 N–H and O–H groups in total. The number of benzene rings is 1. The zero-order chi connectivity index (χ0) is 23.6. The van der Waals surface area contributed by atoms with Gasteiger partial charge in [-0.05, 0) is 56.3 Å². The predicted octanol–water partition coefficient (Wildman–Crippen LogP) is 4.66. The van der Waals surface area contributed by atoms with Gasteiger partial charge in [-0.1, -0.05) is 62.4 Å². The van der Waals surface area contributed by atoms with Crippen LogP contribution in [-0.2, 0) is 24.2 Å². The Balaban J connectivity index is 1.51. The average Bonchev–Trinajstić information content (AvgIpc) is 3.19. The van der Waals surface area contributed by atoms with Crippen LogP contribution in [0.1, 0.15) is 63.0 Å². The summed E-state index contributed by atoms with van der Waals surface area (Å²) in [4.78, 5) is 15.1. The maximum absolute atomic E-state index is 12.6. The molecule has 1 fully saturated rings. The van der Waals surface area contributed by atoms with E-state index >= 15 is 0 Å². The molecule has 1 aliphatic rings. The second kappa shape index (κ2) is 12.9. The lowest BCUT2D eigenvalue weighted by Crippen LogP contribution is -2.32. The van der Waals surface area contributed by atoms with Crippen LogP contribution in [0.2, 0.25) is 0 Å². The Morgan fingerprint density at radius 1 is 1.15 bits per heavy atom. The monoisotopic (exact) mass is 469 g/mol. The summed E-state index contributed by atoms with van der Waals surface area (Å²) in [7, 11) is 0. The molecule has 3 rings (SSSR count). The number of amides is 1. The molecule has 33 heavy (non-hydrogen) atoms. The van der Waals surface area contributed by atoms with Crippen molar-refractivity contribution in [2.24, 2.45) is 5.92 Å². The minimum atomic E-state index is -0.0302. The third-order valence-corrected chi connectivity index (χ3v) is 7.01. The molecular formula is C26H39N5OS. The fourth-order valence-corrected chi connectivity index (χ4v) is 5.05. The van der Waals surface area contributed by atoms with Crippen LogP contribution >= 0.6 is 11.8 Å². The number of nitrogens with one attached hydrogen (secondary N) is 1. The van der Waals surface area contributed by atoms with Gasteiger partial charge in [0, 0.05) is 19.5 Å². The maximum atomic E-state index is 12.6. The van der Waals surface area contributed by atoms with Crippen molar-refractivity contribution >= 4 is 17.7 Å². The highest BCUT2D eigenvalue weighted by Crippen LogP contribution is 2.20. The molecule has 1 saturated heterocycles. The molecule has 0 radical (unpaired) electrons. The number of piperidine rings is 1. The van der Waals surface area contributed by atoms with Crippen LogP contribution < -0.4 is 5.32 Å². The van der Waals surface area contributed by atoms with E-state index in [1.54, 1.807) is 0 Å². The number of likely N-dealkylation sites (tertiary alicyclic amines) is 1. The lowest BCUT2D eigenvalue weighted by molar-refractivity contribution is -0.119. The molecule has 6 nitrogen and oxygen atoms in total. The van der Waals surface area contributed by atoms with Crippen LogP contribution in [0.5, 0.6) is 0 Å². The topological polar surface area (TPSA) is 63.1 Å². The molecule has 0 saturated carbocycles. The van der Waals surface area contributed by atoms with Crippen LogP contribution in [-0.4, -0.2) is 51.0 Å². The van der Waals surface area contributed by atoms with E-state index in [0.717, 1.165) is 35.9 Å². The van der Waals surface area contributed by atoms with E-state index in [9.17, 15) is 4.79 Å². The van der Waals surface area contributed by atoms with Crippen molar-refractivity contribution < 1.29 is 4.79 Å². The minimum absolute atomic E-state index is 0.00165. The van der Waals surface area contributed by atoms with Gasteiger partial charge in [-0.15, -0.1) is 16.8 Å². The van der Waals surface area contributed by atoms with Crippen LogP contribution in [0.4, 0.5) is 0 Å². The SMILES string of the molecule is C=CCn1c(CCN2CCCCC2)nnc1SCC(=O)N[C@@H](C)c1ccc(CC(C)C)cc1. The molecule has 1 aromatic heterocycles. The summed E-state index contributed by atoms with van der Waals surface area (Å²) in [5, 5.41) is 12.7. The molecule has 1 atom stereocenters. The Morgan fingerprint density at radius 3 is 2.55 bits per heavy atom. The molecule has 7 heteroatoms. The second-order valence-corrected chi connectivity index (χ2v) is 10.3. The van der Waals surface area contributed by atoms with E-state index in [4.69, 9.17) is 0 Å². The number of rotatable bonds is 12. The Kier molecular flexibility index (Phi) is 10.0. The molecule has 1 aromatic carbocycles. The van der Waals surface area contributed by atoms with Gasteiger partial charge in [0.15, 0.2) is 5.16 Å². The van der Waals surface area contributed by atoms with Gasteiger partial charge < -0.3 is 14.8 Å². The summed E-state index contributed by atoms with van der Waals surface area (Å²) >= 11 is 1.44. The molecule has 1 aliphatic heterocycles. The first-order valence-corrected chi connectivity index (χ1v) is 13.2. The number of aromatic nitrogens is 3. The fourth-order valence-electron chi connectivity index (χ4n) is 4.27. The summed E-state index contributed by atoms with van der Waals surface area (Å²) in [5.41, 5.74) is 2.45. The van der Waals surface area contributed by atoms with E-state index in [0.29, 0.717) is 18.2 Å². The van der Waals surface area contributed by atoms with Crippen molar-refractivity contribution in [1.29, 1.82) is 0 Å². The molecule has 2 aromatic rings. The van der Waals surface area contributed by atoms with E-state index in [-0.39, 0.29) is 11.9 Å². The smallest absolute Gasteiger partial charge is 0.230 e. The zero-order valence-electron chi connectivity index (χ0n) is 20.4. The predicted molar refractivity (Wildman–Crippen MR) is 136 cm³/mol. The first-order chi connectivity index (χ1) is 16.0. The van der Waals surface area contributed by atoms with Gasteiger partial charge in [-0.2, -0.15) is 0 Å². The van der Waals surface area contributed by atoms with Gasteiger partial charge >= 0.3 is 0 Å². The van der Waals surface area contributed by atoms with Crippen molar-refractivity contribution in [1.82, 2.24) is 25.0 Å². The van der Waals surface area contributed by atoms with Crippen LogP contribution in [0.3, 0.4) is 0 Å². The molecule has 0 aliphatic carbocycles. The van der Waals surface area contributed by atoms with Gasteiger partial charge in [-0.25, -0.2) is 0 Å². The largest absolute Gasteiger partial charge is 0.349 e. The third kappa shape index (κ3) is 8.00. The van der Waals surface area contributed by atoms with Crippen molar-refractivity contribution in [3.63, 3.8) is 0 Å². The summed E-state index contributed by atoms with van der Waals surface area (Å²) < 4.78 is 2.09. The second-order valence-electron chi connectivity index (χ2n) is 9.37. The van der Waals surface area contributed by atoms with Crippen LogP contribution in [0.25, 0.3) is 0 Å². The number of allylic oxidation sites excluding steroid dienone is 1. The summed E-state index contributed by atoms with van der Waals surface area (Å²) in [6.45, 7) is 14.4. The normalized spacial score (nSPS) is 15.5. The molecule has 2 heterocycles. The Labute approximate surface area is 203 Å². The molecular weight excluding hydrogens is 430 g/mol. The van der Waals surface area contributed by atoms with E-state index in [1.807, 2.05) is 13.0 Å².